The van der Waals surface area contributed by atoms with Crippen molar-refractivity contribution in [2.24, 2.45) is 5.92 Å². The maximum Gasteiger partial charge on any atom is 0.243 e. The number of aryl methyl sites for hydroxylation is 2. The van der Waals surface area contributed by atoms with Crippen LogP contribution in [0.5, 0.6) is 0 Å². The van der Waals surface area contributed by atoms with Crippen molar-refractivity contribution in [3.63, 3.8) is 0 Å². The molecule has 0 bridgehead atoms. The number of para-hydroxylation sites is 1. The van der Waals surface area contributed by atoms with E-state index in [1.165, 1.54) is 4.90 Å². The monoisotopic (exact) mass is 352 g/mol. The summed E-state index contributed by atoms with van der Waals surface area (Å²) in [4.78, 5) is 25.7. The highest BCUT2D eigenvalue weighted by atomic mass is 32.2. The molecule has 1 aromatic carbocycles. The summed E-state index contributed by atoms with van der Waals surface area (Å²) < 4.78 is 22.9. The average Bonchev–Trinajstić information content (AvgIpc) is 2.82. The lowest BCUT2D eigenvalue weighted by atomic mass is 10.0. The molecule has 1 saturated heterocycles. The molecule has 132 valence electrons. The van der Waals surface area contributed by atoms with Crippen molar-refractivity contribution in [1.82, 2.24) is 4.90 Å². The number of nitrogens with zero attached hydrogens (tertiary/aromatic N) is 1. The van der Waals surface area contributed by atoms with Crippen LogP contribution in [0.4, 0.5) is 5.69 Å². The van der Waals surface area contributed by atoms with Gasteiger partial charge in [-0.05, 0) is 37.3 Å². The van der Waals surface area contributed by atoms with Gasteiger partial charge in [-0.15, -0.1) is 0 Å². The molecule has 24 heavy (non-hydrogen) atoms. The number of carbonyl (C=O) groups excluding carboxylic acids is 2. The third-order valence-corrected chi connectivity index (χ3v) is 6.18. The number of rotatable bonds is 5. The number of likely N-dealkylation sites (N-methyl/N-ethyl adjacent to an activating group) is 1. The van der Waals surface area contributed by atoms with Crippen LogP contribution in [-0.2, 0) is 19.4 Å². The Morgan fingerprint density at radius 1 is 1.25 bits per heavy atom. The molecular formula is C17H24N2O4S. The topological polar surface area (TPSA) is 83.6 Å². The molecule has 1 heterocycles. The van der Waals surface area contributed by atoms with Gasteiger partial charge < -0.3 is 10.2 Å². The van der Waals surface area contributed by atoms with E-state index in [4.69, 9.17) is 0 Å². The smallest absolute Gasteiger partial charge is 0.243 e. The van der Waals surface area contributed by atoms with E-state index in [0.717, 1.165) is 16.8 Å². The summed E-state index contributed by atoms with van der Waals surface area (Å²) in [7, 11) is -1.42. The second-order valence-corrected chi connectivity index (χ2v) is 8.77. The van der Waals surface area contributed by atoms with Crippen LogP contribution in [0.15, 0.2) is 18.2 Å². The van der Waals surface area contributed by atoms with E-state index >= 15 is 0 Å². The number of sulfone groups is 1. The number of benzene rings is 1. The molecule has 1 aromatic rings. The summed E-state index contributed by atoms with van der Waals surface area (Å²) >= 11 is 0. The van der Waals surface area contributed by atoms with Crippen LogP contribution in [0.2, 0.25) is 0 Å². The lowest BCUT2D eigenvalue weighted by Gasteiger charge is -2.19. The first-order valence-electron chi connectivity index (χ1n) is 7.98. The predicted octanol–water partition coefficient (Wildman–Crippen LogP) is 1.53. The molecule has 0 spiro atoms. The van der Waals surface area contributed by atoms with Crippen molar-refractivity contribution in [1.29, 1.82) is 0 Å². The average molecular weight is 352 g/mol. The lowest BCUT2D eigenvalue weighted by Crippen LogP contribution is -2.36. The molecule has 1 atom stereocenters. The Morgan fingerprint density at radius 3 is 2.42 bits per heavy atom. The van der Waals surface area contributed by atoms with E-state index in [-0.39, 0.29) is 42.2 Å². The number of amides is 2. The summed E-state index contributed by atoms with van der Waals surface area (Å²) in [6.45, 7) is 3.78. The fourth-order valence-electron chi connectivity index (χ4n) is 2.93. The van der Waals surface area contributed by atoms with Gasteiger partial charge in [-0.2, -0.15) is 0 Å². The Labute approximate surface area is 143 Å². The summed E-state index contributed by atoms with van der Waals surface area (Å²) in [6, 6.07) is 5.75. The Hall–Kier alpha value is -1.89. The Bertz CT molecular complexity index is 723. The van der Waals surface area contributed by atoms with Gasteiger partial charge >= 0.3 is 0 Å². The molecule has 1 aliphatic rings. The summed E-state index contributed by atoms with van der Waals surface area (Å²) in [5, 5.41) is 2.84. The summed E-state index contributed by atoms with van der Waals surface area (Å²) in [5.74, 6) is -0.370. The van der Waals surface area contributed by atoms with E-state index in [1.807, 2.05) is 32.0 Å². The number of hydrogen-bond donors (Lipinski definition) is 1. The molecule has 1 fully saturated rings. The van der Waals surface area contributed by atoms with Gasteiger partial charge in [-0.25, -0.2) is 8.42 Å². The largest absolute Gasteiger partial charge is 0.336 e. The second kappa shape index (κ2) is 7.34. The predicted molar refractivity (Wildman–Crippen MR) is 93.6 cm³/mol. The van der Waals surface area contributed by atoms with Crippen molar-refractivity contribution in [3.8, 4) is 0 Å². The van der Waals surface area contributed by atoms with Gasteiger partial charge in [0.05, 0.1) is 18.1 Å². The van der Waals surface area contributed by atoms with Crippen molar-refractivity contribution >= 4 is 27.3 Å². The van der Waals surface area contributed by atoms with E-state index in [2.05, 4.69) is 5.32 Å². The second-order valence-electron chi connectivity index (χ2n) is 6.54. The van der Waals surface area contributed by atoms with Gasteiger partial charge in [0.15, 0.2) is 9.84 Å². The summed E-state index contributed by atoms with van der Waals surface area (Å²) in [6.07, 6.45) is 0.697. The van der Waals surface area contributed by atoms with Crippen LogP contribution in [0, 0.1) is 19.8 Å². The van der Waals surface area contributed by atoms with Crippen molar-refractivity contribution < 1.29 is 18.0 Å². The molecule has 1 N–H and O–H groups in total. The zero-order valence-corrected chi connectivity index (χ0v) is 15.1. The Kier molecular flexibility index (Phi) is 5.64. The molecule has 0 saturated carbocycles. The van der Waals surface area contributed by atoms with Gasteiger partial charge in [0.2, 0.25) is 11.8 Å². The van der Waals surface area contributed by atoms with Gasteiger partial charge in [-0.3, -0.25) is 9.59 Å². The number of anilines is 1. The molecule has 2 amide bonds. The van der Waals surface area contributed by atoms with E-state index in [9.17, 15) is 18.0 Å². The molecular weight excluding hydrogens is 328 g/mol. The standard InChI is InChI=1S/C17H24N2O4S/c1-12-5-4-6-13(2)17(12)18-15(20)10-19(3)16(21)9-14-7-8-24(22,23)11-14/h4-6,14H,7-11H2,1-3H3,(H,18,20)/t14-/m0/s1. The lowest BCUT2D eigenvalue weighted by molar-refractivity contribution is -0.134. The van der Waals surface area contributed by atoms with Crippen molar-refractivity contribution in [2.75, 3.05) is 30.4 Å². The van der Waals surface area contributed by atoms with Crippen molar-refractivity contribution in [3.05, 3.63) is 29.3 Å². The van der Waals surface area contributed by atoms with Gasteiger partial charge in [0.1, 0.15) is 0 Å². The minimum atomic E-state index is -2.99. The first-order valence-corrected chi connectivity index (χ1v) is 9.80. The fourth-order valence-corrected chi connectivity index (χ4v) is 4.79. The van der Waals surface area contributed by atoms with Crippen LogP contribution in [-0.4, -0.2) is 50.2 Å². The minimum Gasteiger partial charge on any atom is -0.336 e. The van der Waals surface area contributed by atoms with Crippen LogP contribution in [0.25, 0.3) is 0 Å². The van der Waals surface area contributed by atoms with E-state index < -0.39 is 9.84 Å². The quantitative estimate of drug-likeness (QED) is 0.871. The molecule has 0 aromatic heterocycles. The maximum absolute atomic E-state index is 12.2. The molecule has 0 aliphatic carbocycles. The highest BCUT2D eigenvalue weighted by molar-refractivity contribution is 7.91. The third-order valence-electron chi connectivity index (χ3n) is 4.34. The van der Waals surface area contributed by atoms with E-state index in [0.29, 0.717) is 6.42 Å². The SMILES string of the molecule is Cc1cccc(C)c1NC(=O)CN(C)C(=O)C[C@@H]1CCS(=O)(=O)C1. The molecule has 6 nitrogen and oxygen atoms in total. The van der Waals surface area contributed by atoms with Crippen LogP contribution in [0.1, 0.15) is 24.0 Å². The molecule has 1 aliphatic heterocycles. The zero-order valence-electron chi connectivity index (χ0n) is 14.3. The number of hydrogen-bond acceptors (Lipinski definition) is 4. The Morgan fingerprint density at radius 2 is 1.88 bits per heavy atom. The number of nitrogens with one attached hydrogen (secondary N) is 1. The first kappa shape index (κ1) is 18.4. The number of carbonyl (C=O) groups is 2. The zero-order chi connectivity index (χ0) is 17.9. The Balaban J connectivity index is 1.88. The van der Waals surface area contributed by atoms with Crippen LogP contribution >= 0.6 is 0 Å². The molecule has 0 unspecified atom stereocenters. The molecule has 7 heteroatoms. The highest BCUT2D eigenvalue weighted by Crippen LogP contribution is 2.22. The minimum absolute atomic E-state index is 0.0495. The molecule has 0 radical (unpaired) electrons. The third kappa shape index (κ3) is 4.80. The molecule has 2 rings (SSSR count). The summed E-state index contributed by atoms with van der Waals surface area (Å²) in [5.41, 5.74) is 2.70. The van der Waals surface area contributed by atoms with Crippen molar-refractivity contribution in [2.45, 2.75) is 26.7 Å². The van der Waals surface area contributed by atoms with Gasteiger partial charge in [0, 0.05) is 19.2 Å². The van der Waals surface area contributed by atoms with Gasteiger partial charge in [0.25, 0.3) is 0 Å². The first-order chi connectivity index (χ1) is 11.2. The van der Waals surface area contributed by atoms with E-state index in [1.54, 1.807) is 7.05 Å². The fraction of sp³-hybridized carbons (Fsp3) is 0.529. The highest BCUT2D eigenvalue weighted by Gasteiger charge is 2.30. The maximum atomic E-state index is 12.2. The van der Waals surface area contributed by atoms with Gasteiger partial charge in [-0.1, -0.05) is 18.2 Å². The normalized spacial score (nSPS) is 19.0. The van der Waals surface area contributed by atoms with Crippen LogP contribution in [0.3, 0.4) is 0 Å². The van der Waals surface area contributed by atoms with Crippen LogP contribution < -0.4 is 5.32 Å².